The van der Waals surface area contributed by atoms with E-state index in [-0.39, 0.29) is 51.4 Å². The molecular weight excluding hydrogens is 279 g/mol. The number of rotatable bonds is 4. The third-order valence-corrected chi connectivity index (χ3v) is 3.18. The molecule has 4 heteroatoms. The molecule has 1 atom stereocenters. The zero-order valence-electron chi connectivity index (χ0n) is 11.7. The van der Waals surface area contributed by atoms with Crippen molar-refractivity contribution in [3.8, 4) is 0 Å². The molecule has 1 N–H and O–H groups in total. The third-order valence-electron chi connectivity index (χ3n) is 3.18. The summed E-state index contributed by atoms with van der Waals surface area (Å²) in [5.41, 5.74) is 0.233. The number of hydrogen-bond donors (Lipinski definition) is 1. The zero-order valence-corrected chi connectivity index (χ0v) is 14.8. The first kappa shape index (κ1) is 17.6. The Balaban J connectivity index is 0.00000200. The molecule has 0 fully saturated rings. The molecule has 0 spiro atoms. The number of hydrogen-bond acceptors (Lipinski definition) is 3. The van der Waals surface area contributed by atoms with E-state index in [1.54, 1.807) is 12.1 Å². The summed E-state index contributed by atoms with van der Waals surface area (Å²) >= 11 is 0. The molecule has 2 rings (SSSR count). The Morgan fingerprint density at radius 3 is 2.25 bits per heavy atom. The van der Waals surface area contributed by atoms with Crippen LogP contribution in [0.4, 0.5) is 0 Å². The maximum atomic E-state index is 11.1. The minimum Gasteiger partial charge on any atom is -0.547 e. The Bertz CT molecular complexity index is 579. The summed E-state index contributed by atoms with van der Waals surface area (Å²) in [7, 11) is 0. The van der Waals surface area contributed by atoms with Gasteiger partial charge in [0.1, 0.15) is 5.60 Å². The van der Waals surface area contributed by atoms with Crippen molar-refractivity contribution in [1.29, 1.82) is 0 Å². The second kappa shape index (κ2) is 7.50. The van der Waals surface area contributed by atoms with E-state index in [0.29, 0.717) is 12.0 Å². The minimum atomic E-state index is -1.98. The van der Waals surface area contributed by atoms with Crippen LogP contribution in [0.5, 0.6) is 0 Å². The Labute approximate surface area is 161 Å². The summed E-state index contributed by atoms with van der Waals surface area (Å²) in [5.74, 6) is -1.49. The molecule has 20 heavy (non-hydrogen) atoms. The van der Waals surface area contributed by atoms with Gasteiger partial charge in [0.15, 0.2) is 0 Å². The zero-order chi connectivity index (χ0) is 13.9. The van der Waals surface area contributed by atoms with Crippen molar-refractivity contribution in [2.75, 3.05) is 0 Å². The molecule has 0 radical (unpaired) electrons. The van der Waals surface area contributed by atoms with Crippen molar-refractivity contribution in [2.45, 2.75) is 18.9 Å². The Hall–Kier alpha value is -0.494. The third kappa shape index (κ3) is 4.01. The molecule has 0 aromatic heterocycles. The van der Waals surface area contributed by atoms with Gasteiger partial charge in [-0.05, 0) is 30.0 Å². The molecule has 0 saturated carbocycles. The fraction of sp³-hybridized carbons (Fsp3) is 0.188. The predicted molar refractivity (Wildman–Crippen MR) is 70.3 cm³/mol. The fourth-order valence-electron chi connectivity index (χ4n) is 2.08. The van der Waals surface area contributed by atoms with E-state index in [1.807, 2.05) is 42.5 Å². The molecule has 98 valence electrons. The number of carboxylic acid groups (broad SMARTS) is 1. The van der Waals surface area contributed by atoms with Gasteiger partial charge in [0.25, 0.3) is 0 Å². The van der Waals surface area contributed by atoms with Crippen molar-refractivity contribution in [1.82, 2.24) is 0 Å². The smallest absolute Gasteiger partial charge is 0.547 e. The van der Waals surface area contributed by atoms with Crippen molar-refractivity contribution in [3.05, 3.63) is 71.3 Å². The van der Waals surface area contributed by atoms with Crippen LogP contribution in [0.3, 0.4) is 0 Å². The molecule has 0 bridgehead atoms. The molecule has 0 aliphatic rings. The van der Waals surface area contributed by atoms with Crippen LogP contribution in [0.1, 0.15) is 23.6 Å². The molecule has 0 aliphatic carbocycles. The Morgan fingerprint density at radius 2 is 1.65 bits per heavy atom. The second-order valence-corrected chi connectivity index (χ2v) is 4.68. The number of carboxylic acids is 1. The van der Waals surface area contributed by atoms with Gasteiger partial charge in [0, 0.05) is 0 Å². The van der Waals surface area contributed by atoms with Crippen LogP contribution in [0, 0.1) is 0 Å². The molecule has 0 saturated heterocycles. The van der Waals surface area contributed by atoms with E-state index >= 15 is 0 Å². The number of aliphatic hydroxyl groups is 1. The van der Waals surface area contributed by atoms with E-state index in [1.165, 1.54) is 6.92 Å². The van der Waals surface area contributed by atoms with Crippen LogP contribution in [0.25, 0.3) is 0 Å². The van der Waals surface area contributed by atoms with E-state index in [2.05, 4.69) is 0 Å². The number of benzene rings is 2. The van der Waals surface area contributed by atoms with Gasteiger partial charge in [-0.1, -0.05) is 54.6 Å². The topological polar surface area (TPSA) is 60.4 Å². The van der Waals surface area contributed by atoms with Gasteiger partial charge < -0.3 is 15.0 Å². The molecule has 2 aromatic carbocycles. The summed E-state index contributed by atoms with van der Waals surface area (Å²) < 4.78 is 0. The van der Waals surface area contributed by atoms with Crippen molar-refractivity contribution >= 4 is 5.97 Å². The number of carbonyl (C=O) groups excluding carboxylic acids is 1. The van der Waals surface area contributed by atoms with Crippen molar-refractivity contribution < 1.29 is 66.4 Å². The average Bonchev–Trinajstić information content (AvgIpc) is 2.40. The monoisotopic (exact) mass is 294 g/mol. The summed E-state index contributed by atoms with van der Waals surface area (Å²) in [6, 6.07) is 16.7. The molecule has 0 heterocycles. The van der Waals surface area contributed by atoms with Gasteiger partial charge in [-0.3, -0.25) is 0 Å². The second-order valence-electron chi connectivity index (χ2n) is 4.68. The molecule has 3 nitrogen and oxygen atoms in total. The van der Waals surface area contributed by atoms with Gasteiger partial charge in [-0.25, -0.2) is 0 Å². The average molecular weight is 294 g/mol. The predicted octanol–water partition coefficient (Wildman–Crippen LogP) is -1.76. The summed E-state index contributed by atoms with van der Waals surface area (Å²) in [5, 5.41) is 21.1. The van der Waals surface area contributed by atoms with Crippen LogP contribution in [-0.2, 0) is 16.8 Å². The summed E-state index contributed by atoms with van der Waals surface area (Å²) in [4.78, 5) is 11.1. The summed E-state index contributed by atoms with van der Waals surface area (Å²) in [6.07, 6.45) is 0.570. The number of aliphatic carboxylic acids is 1. The number of carbonyl (C=O) groups is 1. The maximum absolute atomic E-state index is 11.1. The molecule has 1 unspecified atom stereocenters. The van der Waals surface area contributed by atoms with E-state index in [0.717, 1.165) is 11.1 Å². The SMILES string of the molecule is CC(O)(C(=O)[O-])c1ccccc1Cc1ccccc1.[K+]. The van der Waals surface area contributed by atoms with Crippen LogP contribution in [0.2, 0.25) is 0 Å². The quantitative estimate of drug-likeness (QED) is 0.680. The van der Waals surface area contributed by atoms with Gasteiger partial charge in [0.05, 0.1) is 5.97 Å². The fourth-order valence-corrected chi connectivity index (χ4v) is 2.08. The first-order chi connectivity index (χ1) is 9.01. The van der Waals surface area contributed by atoms with Crippen LogP contribution in [-0.4, -0.2) is 11.1 Å². The van der Waals surface area contributed by atoms with Crippen molar-refractivity contribution in [2.24, 2.45) is 0 Å². The van der Waals surface area contributed by atoms with E-state index in [4.69, 9.17) is 0 Å². The van der Waals surface area contributed by atoms with Gasteiger partial charge in [0.2, 0.25) is 0 Å². The normalized spacial score (nSPS) is 13.1. The Morgan fingerprint density at radius 1 is 1.10 bits per heavy atom. The van der Waals surface area contributed by atoms with Gasteiger partial charge in [-0.15, -0.1) is 0 Å². The van der Waals surface area contributed by atoms with Crippen LogP contribution in [0.15, 0.2) is 54.6 Å². The minimum absolute atomic E-state index is 0. The van der Waals surface area contributed by atoms with E-state index < -0.39 is 11.6 Å². The largest absolute Gasteiger partial charge is 1.00 e. The first-order valence-corrected chi connectivity index (χ1v) is 6.08. The Kier molecular flexibility index (Phi) is 6.58. The molecule has 0 amide bonds. The molecule has 0 aliphatic heterocycles. The van der Waals surface area contributed by atoms with E-state index in [9.17, 15) is 15.0 Å². The maximum Gasteiger partial charge on any atom is 1.00 e. The summed E-state index contributed by atoms with van der Waals surface area (Å²) in [6.45, 7) is 1.24. The van der Waals surface area contributed by atoms with Crippen molar-refractivity contribution in [3.63, 3.8) is 0 Å². The van der Waals surface area contributed by atoms with Crippen LogP contribution >= 0.6 is 0 Å². The first-order valence-electron chi connectivity index (χ1n) is 6.08. The van der Waals surface area contributed by atoms with Crippen LogP contribution < -0.4 is 56.5 Å². The molecular formula is C16H15KO3. The van der Waals surface area contributed by atoms with Gasteiger partial charge >= 0.3 is 51.4 Å². The molecule has 2 aromatic rings. The van der Waals surface area contributed by atoms with Gasteiger partial charge in [-0.2, -0.15) is 0 Å². The standard InChI is InChI=1S/C16H16O3.K/c1-16(19,15(17)18)14-10-6-5-9-13(14)11-12-7-3-2-4-8-12;/h2-10,19H,11H2,1H3,(H,17,18);/q;+1/p-1.